The van der Waals surface area contributed by atoms with Crippen LogP contribution in [0.25, 0.3) is 0 Å². The van der Waals surface area contributed by atoms with E-state index in [0.29, 0.717) is 0 Å². The van der Waals surface area contributed by atoms with Crippen LogP contribution in [0.2, 0.25) is 0 Å². The summed E-state index contributed by atoms with van der Waals surface area (Å²) in [7, 11) is -3.72. The monoisotopic (exact) mass is 242 g/mol. The molecule has 0 spiro atoms. The van der Waals surface area contributed by atoms with Crippen molar-refractivity contribution >= 4 is 7.27 Å². The molecule has 0 aliphatic rings. The lowest BCUT2D eigenvalue weighted by Gasteiger charge is -2.24. The minimum atomic E-state index is -6.56. The maximum Gasteiger partial charge on any atom is 0.628 e. The van der Waals surface area contributed by atoms with Gasteiger partial charge in [0.1, 0.15) is 0 Å². The highest BCUT2D eigenvalue weighted by Gasteiger charge is 2.72. The summed E-state index contributed by atoms with van der Waals surface area (Å²) in [6.45, 7) is 0. The molecule has 0 atom stereocenters. The second-order valence-corrected chi connectivity index (χ2v) is 2.22. The van der Waals surface area contributed by atoms with Gasteiger partial charge in [0.15, 0.2) is 0 Å². The summed E-state index contributed by atoms with van der Waals surface area (Å²) in [6, 6.07) is 0. The second-order valence-electron chi connectivity index (χ2n) is 2.22. The SMILES string of the molecule is FB(F)C#CC(F)(F)C(F)(F)C(F)(F)F. The van der Waals surface area contributed by atoms with E-state index in [1.165, 1.54) is 0 Å². The van der Waals surface area contributed by atoms with Crippen molar-refractivity contribution in [3.8, 4) is 11.7 Å². The molecule has 0 unspecified atom stereocenters. The van der Waals surface area contributed by atoms with E-state index in [1.54, 1.807) is 0 Å². The van der Waals surface area contributed by atoms with Gasteiger partial charge in [-0.25, -0.2) is 0 Å². The fraction of sp³-hybridized carbons (Fsp3) is 0.600. The molecular weight excluding hydrogens is 242 g/mol. The van der Waals surface area contributed by atoms with E-state index in [0.717, 1.165) is 0 Å². The zero-order valence-corrected chi connectivity index (χ0v) is 6.48. The summed E-state index contributed by atoms with van der Waals surface area (Å²) < 4.78 is 105. The van der Waals surface area contributed by atoms with Gasteiger partial charge in [0, 0.05) is 0 Å². The number of hydrogen-bond acceptors (Lipinski definition) is 0. The molecular formula is C5BF9. The maximum atomic E-state index is 12.1. The quantitative estimate of drug-likeness (QED) is 0.376. The van der Waals surface area contributed by atoms with Crippen molar-refractivity contribution in [1.29, 1.82) is 0 Å². The van der Waals surface area contributed by atoms with Gasteiger partial charge in [-0.3, -0.25) is 8.63 Å². The highest BCUT2D eigenvalue weighted by molar-refractivity contribution is 6.53. The number of halogens is 9. The van der Waals surface area contributed by atoms with Crippen molar-refractivity contribution in [3.05, 3.63) is 0 Å². The summed E-state index contributed by atoms with van der Waals surface area (Å²) >= 11 is 0. The Morgan fingerprint density at radius 1 is 0.800 bits per heavy atom. The largest absolute Gasteiger partial charge is 0.628 e. The van der Waals surface area contributed by atoms with Crippen LogP contribution >= 0.6 is 0 Å². The lowest BCUT2D eigenvalue weighted by Crippen LogP contribution is -2.51. The van der Waals surface area contributed by atoms with E-state index < -0.39 is 25.3 Å². The Bertz CT molecular complexity index is 279. The molecule has 0 fully saturated rings. The van der Waals surface area contributed by atoms with Crippen molar-refractivity contribution in [2.45, 2.75) is 18.0 Å². The number of alkyl halides is 7. The molecule has 10 heteroatoms. The molecule has 0 amide bonds. The van der Waals surface area contributed by atoms with Crippen molar-refractivity contribution in [2.75, 3.05) is 0 Å². The topological polar surface area (TPSA) is 0 Å². The lowest BCUT2D eigenvalue weighted by molar-refractivity contribution is -0.339. The molecule has 0 bridgehead atoms. The summed E-state index contributed by atoms with van der Waals surface area (Å²) in [6.07, 6.45) is -6.56. The van der Waals surface area contributed by atoms with Gasteiger partial charge < -0.3 is 0 Å². The molecule has 0 heterocycles. The van der Waals surface area contributed by atoms with Gasteiger partial charge in [-0.05, 0) is 5.92 Å². The van der Waals surface area contributed by atoms with Crippen LogP contribution in [0, 0.1) is 11.7 Å². The average molecular weight is 242 g/mol. The summed E-state index contributed by atoms with van der Waals surface area (Å²) in [4.78, 5) is 0. The highest BCUT2D eigenvalue weighted by Crippen LogP contribution is 2.46. The molecule has 0 rings (SSSR count). The highest BCUT2D eigenvalue weighted by atomic mass is 19.4. The Morgan fingerprint density at radius 2 is 1.20 bits per heavy atom. The van der Waals surface area contributed by atoms with Gasteiger partial charge in [-0.15, -0.1) is 0 Å². The van der Waals surface area contributed by atoms with Crippen LogP contribution in [0.5, 0.6) is 0 Å². The third-order valence-corrected chi connectivity index (χ3v) is 1.09. The van der Waals surface area contributed by atoms with Gasteiger partial charge in [0.25, 0.3) is 0 Å². The van der Waals surface area contributed by atoms with Crippen LogP contribution in [0.1, 0.15) is 0 Å². The fourth-order valence-corrected chi connectivity index (χ4v) is 0.402. The summed E-state index contributed by atoms with van der Waals surface area (Å²) in [5.41, 5.74) is 0. The van der Waals surface area contributed by atoms with E-state index in [4.69, 9.17) is 0 Å². The molecule has 0 aliphatic heterocycles. The van der Waals surface area contributed by atoms with Crippen molar-refractivity contribution in [1.82, 2.24) is 0 Å². The molecule has 15 heavy (non-hydrogen) atoms. The second kappa shape index (κ2) is 3.86. The zero-order chi connectivity index (χ0) is 12.5. The number of rotatable bonds is 1. The van der Waals surface area contributed by atoms with E-state index in [-0.39, 0.29) is 11.7 Å². The third kappa shape index (κ3) is 2.97. The van der Waals surface area contributed by atoms with Crippen molar-refractivity contribution in [3.63, 3.8) is 0 Å². The van der Waals surface area contributed by atoms with Crippen LogP contribution in [-0.4, -0.2) is 25.3 Å². The third-order valence-electron chi connectivity index (χ3n) is 1.09. The minimum absolute atomic E-state index is 0.0981. The van der Waals surface area contributed by atoms with Crippen LogP contribution in [0.15, 0.2) is 0 Å². The first kappa shape index (κ1) is 14.0. The molecule has 0 saturated heterocycles. The molecule has 0 nitrogen and oxygen atoms in total. The fourth-order valence-electron chi connectivity index (χ4n) is 0.402. The van der Waals surface area contributed by atoms with Gasteiger partial charge >= 0.3 is 25.3 Å². The smallest absolute Gasteiger partial charge is 0.273 e. The van der Waals surface area contributed by atoms with Crippen LogP contribution in [-0.2, 0) is 0 Å². The predicted octanol–water partition coefficient (Wildman–Crippen LogP) is 2.79. The molecule has 86 valence electrons. The van der Waals surface area contributed by atoms with Crippen LogP contribution in [0.4, 0.5) is 39.4 Å². The average Bonchev–Trinajstić information content (AvgIpc) is 1.98. The first-order valence-electron chi connectivity index (χ1n) is 3.05. The van der Waals surface area contributed by atoms with Gasteiger partial charge in [-0.2, -0.15) is 30.7 Å². The molecule has 0 aromatic rings. The summed E-state index contributed by atoms with van der Waals surface area (Å²) in [5.74, 6) is -12.2. The molecule has 0 saturated carbocycles. The molecule has 0 aliphatic carbocycles. The predicted molar refractivity (Wildman–Crippen MR) is 31.7 cm³/mol. The first-order chi connectivity index (χ1) is 6.42. The van der Waals surface area contributed by atoms with Crippen LogP contribution < -0.4 is 0 Å². The normalized spacial score (nSPS) is 13.1. The first-order valence-corrected chi connectivity index (χ1v) is 3.05. The molecule has 0 N–H and O–H groups in total. The Labute approximate surface area is 77.6 Å². The minimum Gasteiger partial charge on any atom is -0.273 e. The van der Waals surface area contributed by atoms with Crippen LogP contribution in [0.3, 0.4) is 0 Å². The molecule has 0 aromatic heterocycles. The van der Waals surface area contributed by atoms with Gasteiger partial charge in [-0.1, -0.05) is 5.82 Å². The van der Waals surface area contributed by atoms with E-state index in [9.17, 15) is 39.4 Å². The van der Waals surface area contributed by atoms with Gasteiger partial charge in [0.2, 0.25) is 0 Å². The maximum absolute atomic E-state index is 12.1. The molecule has 0 aromatic carbocycles. The standard InChI is InChI=1S/C5BF9/c7-3(8,1-2-6(14)15)4(9,10)5(11,12)13. The Morgan fingerprint density at radius 3 is 1.47 bits per heavy atom. The van der Waals surface area contributed by atoms with Gasteiger partial charge in [0.05, 0.1) is 0 Å². The Balaban J connectivity index is 5.14. The lowest BCUT2D eigenvalue weighted by atomic mass is 9.99. The van der Waals surface area contributed by atoms with E-state index >= 15 is 0 Å². The molecule has 0 radical (unpaired) electrons. The summed E-state index contributed by atoms with van der Waals surface area (Å²) in [5, 5.41) is 0. The van der Waals surface area contributed by atoms with E-state index in [2.05, 4.69) is 0 Å². The van der Waals surface area contributed by atoms with E-state index in [1.807, 2.05) is 0 Å². The Kier molecular flexibility index (Phi) is 3.61. The zero-order valence-electron chi connectivity index (χ0n) is 6.48. The van der Waals surface area contributed by atoms with Crippen molar-refractivity contribution in [2.24, 2.45) is 0 Å². The van der Waals surface area contributed by atoms with Crippen molar-refractivity contribution < 1.29 is 39.4 Å². The number of hydrogen-bond donors (Lipinski definition) is 0. The Hall–Kier alpha value is -1.01.